The van der Waals surface area contributed by atoms with Gasteiger partial charge in [0.2, 0.25) is 5.88 Å². The van der Waals surface area contributed by atoms with Gasteiger partial charge in [0.25, 0.3) is 5.91 Å². The van der Waals surface area contributed by atoms with Gasteiger partial charge in [-0.2, -0.15) is 0 Å². The van der Waals surface area contributed by atoms with Crippen molar-refractivity contribution < 1.29 is 19.4 Å². The van der Waals surface area contributed by atoms with Crippen LogP contribution >= 0.6 is 0 Å². The number of methoxy groups -OCH3 is 2. The van der Waals surface area contributed by atoms with Crippen LogP contribution in [0.4, 0.5) is 0 Å². The summed E-state index contributed by atoms with van der Waals surface area (Å²) in [5.74, 6) is 0.531. The van der Waals surface area contributed by atoms with E-state index in [1.807, 2.05) is 59.5 Å². The SMILES string of the molecule is COCC(O)CN1CCN(C(=O)c2ccc3nc(OC)cc(-c4ccccc4-c4ccccc4)c3c2)CC1. The molecular weight excluding hydrogens is 478 g/mol. The summed E-state index contributed by atoms with van der Waals surface area (Å²) in [6, 6.07) is 26.2. The number of ether oxygens (including phenoxy) is 2. The molecule has 3 aromatic carbocycles. The molecular formula is C31H33N3O4. The van der Waals surface area contributed by atoms with Crippen molar-refractivity contribution in [3.8, 4) is 28.1 Å². The lowest BCUT2D eigenvalue weighted by Crippen LogP contribution is -2.50. The van der Waals surface area contributed by atoms with Gasteiger partial charge >= 0.3 is 0 Å². The second-order valence-corrected chi connectivity index (χ2v) is 9.56. The highest BCUT2D eigenvalue weighted by molar-refractivity contribution is 6.04. The largest absolute Gasteiger partial charge is 0.481 e. The number of aliphatic hydroxyl groups excluding tert-OH is 1. The molecule has 1 atom stereocenters. The summed E-state index contributed by atoms with van der Waals surface area (Å²) >= 11 is 0. The zero-order valence-electron chi connectivity index (χ0n) is 21.8. The molecule has 1 aliphatic heterocycles. The van der Waals surface area contributed by atoms with Crippen LogP contribution in [0.25, 0.3) is 33.2 Å². The lowest BCUT2D eigenvalue weighted by molar-refractivity contribution is 0.0232. The Bertz CT molecular complexity index is 1400. The summed E-state index contributed by atoms with van der Waals surface area (Å²) in [7, 11) is 3.20. The number of fused-ring (bicyclic) bond motifs is 1. The molecule has 1 unspecified atom stereocenters. The van der Waals surface area contributed by atoms with E-state index in [2.05, 4.69) is 34.1 Å². The lowest BCUT2D eigenvalue weighted by atomic mass is 9.92. The van der Waals surface area contributed by atoms with Gasteiger partial charge in [-0.25, -0.2) is 4.98 Å². The minimum atomic E-state index is -0.524. The van der Waals surface area contributed by atoms with Crippen LogP contribution in [0.3, 0.4) is 0 Å². The van der Waals surface area contributed by atoms with Crippen LogP contribution in [0.1, 0.15) is 10.4 Å². The molecule has 1 fully saturated rings. The van der Waals surface area contributed by atoms with E-state index in [0.717, 1.165) is 33.2 Å². The summed E-state index contributed by atoms with van der Waals surface area (Å²) in [6.07, 6.45) is -0.524. The molecule has 1 aromatic heterocycles. The molecule has 0 spiro atoms. The molecule has 0 radical (unpaired) electrons. The number of rotatable bonds is 8. The Kier molecular flexibility index (Phi) is 7.98. The fourth-order valence-corrected chi connectivity index (χ4v) is 5.11. The van der Waals surface area contributed by atoms with Crippen molar-refractivity contribution in [2.24, 2.45) is 0 Å². The zero-order chi connectivity index (χ0) is 26.5. The molecule has 1 N–H and O–H groups in total. The number of amides is 1. The number of carbonyl (C=O) groups is 1. The number of β-amino-alcohol motifs (C(OH)–C–C–N with tert-alkyl or cyclic N) is 1. The number of nitrogens with zero attached hydrogens (tertiary/aromatic N) is 3. The van der Waals surface area contributed by atoms with E-state index in [9.17, 15) is 9.90 Å². The summed E-state index contributed by atoms with van der Waals surface area (Å²) in [5, 5.41) is 10.9. The van der Waals surface area contributed by atoms with Crippen LogP contribution in [0.15, 0.2) is 78.9 Å². The molecule has 1 aliphatic rings. The summed E-state index contributed by atoms with van der Waals surface area (Å²) in [5.41, 5.74) is 5.65. The molecule has 0 aliphatic carbocycles. The van der Waals surface area contributed by atoms with Crippen molar-refractivity contribution >= 4 is 16.8 Å². The van der Waals surface area contributed by atoms with Gasteiger partial charge in [-0.15, -0.1) is 0 Å². The molecule has 2 heterocycles. The number of piperazine rings is 1. The molecule has 5 rings (SSSR count). The first kappa shape index (κ1) is 25.9. The van der Waals surface area contributed by atoms with Crippen molar-refractivity contribution in [1.82, 2.24) is 14.8 Å². The third-order valence-corrected chi connectivity index (χ3v) is 7.03. The maximum absolute atomic E-state index is 13.5. The van der Waals surface area contributed by atoms with Gasteiger partial charge in [-0.3, -0.25) is 9.69 Å². The van der Waals surface area contributed by atoms with Crippen LogP contribution in [-0.4, -0.2) is 85.5 Å². The highest BCUT2D eigenvalue weighted by atomic mass is 16.5. The monoisotopic (exact) mass is 511 g/mol. The predicted molar refractivity (Wildman–Crippen MR) is 149 cm³/mol. The molecule has 0 bridgehead atoms. The Balaban J connectivity index is 1.47. The van der Waals surface area contributed by atoms with Crippen molar-refractivity contribution in [2.45, 2.75) is 6.10 Å². The van der Waals surface area contributed by atoms with Gasteiger partial charge in [0.1, 0.15) is 0 Å². The Morgan fingerprint density at radius 2 is 1.61 bits per heavy atom. The average Bonchev–Trinajstić information content (AvgIpc) is 2.97. The highest BCUT2D eigenvalue weighted by Crippen LogP contribution is 2.37. The average molecular weight is 512 g/mol. The molecule has 1 saturated heterocycles. The van der Waals surface area contributed by atoms with E-state index >= 15 is 0 Å². The van der Waals surface area contributed by atoms with E-state index in [1.54, 1.807) is 14.2 Å². The Hall–Kier alpha value is -3.78. The molecule has 0 saturated carbocycles. The number of hydrogen-bond acceptors (Lipinski definition) is 6. The van der Waals surface area contributed by atoms with Crippen molar-refractivity contribution in [3.63, 3.8) is 0 Å². The fourth-order valence-electron chi connectivity index (χ4n) is 5.11. The molecule has 7 nitrogen and oxygen atoms in total. The smallest absolute Gasteiger partial charge is 0.253 e. The lowest BCUT2D eigenvalue weighted by Gasteiger charge is -2.35. The van der Waals surface area contributed by atoms with Gasteiger partial charge in [-0.1, -0.05) is 54.6 Å². The third-order valence-electron chi connectivity index (χ3n) is 7.03. The number of hydrogen-bond donors (Lipinski definition) is 1. The number of aromatic nitrogens is 1. The van der Waals surface area contributed by atoms with E-state index in [4.69, 9.17) is 9.47 Å². The minimum absolute atomic E-state index is 0.00195. The summed E-state index contributed by atoms with van der Waals surface area (Å²) in [6.45, 7) is 3.51. The van der Waals surface area contributed by atoms with Crippen molar-refractivity contribution in [3.05, 3.63) is 84.4 Å². The van der Waals surface area contributed by atoms with Crippen LogP contribution in [-0.2, 0) is 4.74 Å². The molecule has 38 heavy (non-hydrogen) atoms. The first-order valence-electron chi connectivity index (χ1n) is 12.9. The standard InChI is InChI=1S/C31H33N3O4/c1-37-21-24(35)20-33-14-16-34(17-15-33)31(36)23-12-13-29-28(18-23)27(19-30(32-29)38-2)26-11-7-6-10-25(26)22-8-4-3-5-9-22/h3-13,18-19,24,35H,14-17,20-21H2,1-2H3. The Labute approximate surface area is 223 Å². The van der Waals surface area contributed by atoms with Gasteiger partial charge in [-0.05, 0) is 40.5 Å². The second-order valence-electron chi connectivity index (χ2n) is 9.56. The van der Waals surface area contributed by atoms with E-state index < -0.39 is 6.10 Å². The van der Waals surface area contributed by atoms with E-state index in [1.165, 1.54) is 0 Å². The van der Waals surface area contributed by atoms with Gasteiger partial charge in [0.05, 0.1) is 25.3 Å². The van der Waals surface area contributed by atoms with Crippen molar-refractivity contribution in [1.29, 1.82) is 0 Å². The van der Waals surface area contributed by atoms with Gasteiger partial charge in [0.15, 0.2) is 0 Å². The van der Waals surface area contributed by atoms with E-state index in [-0.39, 0.29) is 5.91 Å². The second kappa shape index (κ2) is 11.7. The first-order chi connectivity index (χ1) is 18.6. The molecule has 196 valence electrons. The van der Waals surface area contributed by atoms with Crippen molar-refractivity contribution in [2.75, 3.05) is 53.6 Å². The first-order valence-corrected chi connectivity index (χ1v) is 12.9. The fraction of sp³-hybridized carbons (Fsp3) is 0.290. The van der Waals surface area contributed by atoms with Crippen LogP contribution in [0.5, 0.6) is 5.88 Å². The quantitative estimate of drug-likeness (QED) is 0.379. The minimum Gasteiger partial charge on any atom is -0.481 e. The maximum atomic E-state index is 13.5. The highest BCUT2D eigenvalue weighted by Gasteiger charge is 2.24. The van der Waals surface area contributed by atoms with Gasteiger partial charge < -0.3 is 19.5 Å². The number of benzene rings is 3. The summed E-state index contributed by atoms with van der Waals surface area (Å²) < 4.78 is 10.6. The van der Waals surface area contributed by atoms with E-state index in [0.29, 0.717) is 50.8 Å². The van der Waals surface area contributed by atoms with Crippen LogP contribution in [0.2, 0.25) is 0 Å². The normalized spacial score (nSPS) is 15.0. The third kappa shape index (κ3) is 5.55. The number of carbonyl (C=O) groups excluding carboxylic acids is 1. The Morgan fingerprint density at radius 3 is 2.32 bits per heavy atom. The van der Waals surface area contributed by atoms with Crippen LogP contribution < -0.4 is 4.74 Å². The maximum Gasteiger partial charge on any atom is 0.253 e. The predicted octanol–water partition coefficient (Wildman–Crippen LogP) is 4.34. The number of aliphatic hydroxyl groups is 1. The molecule has 7 heteroatoms. The molecule has 1 amide bonds. The summed E-state index contributed by atoms with van der Waals surface area (Å²) in [4.78, 5) is 22.2. The molecule has 4 aromatic rings. The van der Waals surface area contributed by atoms with Crippen LogP contribution in [0, 0.1) is 0 Å². The Morgan fingerprint density at radius 1 is 0.895 bits per heavy atom. The number of pyridine rings is 1. The van der Waals surface area contributed by atoms with Gasteiger partial charge in [0, 0.05) is 56.8 Å². The topological polar surface area (TPSA) is 75.1 Å². The zero-order valence-corrected chi connectivity index (χ0v) is 21.8.